The van der Waals surface area contributed by atoms with Gasteiger partial charge in [-0.25, -0.2) is 14.2 Å². The van der Waals surface area contributed by atoms with E-state index in [0.29, 0.717) is 17.3 Å². The van der Waals surface area contributed by atoms with E-state index in [0.717, 1.165) is 21.2 Å². The van der Waals surface area contributed by atoms with Gasteiger partial charge < -0.3 is 9.88 Å². The second-order valence-corrected chi connectivity index (χ2v) is 9.07. The lowest BCUT2D eigenvalue weighted by atomic mass is 10.2. The van der Waals surface area contributed by atoms with Crippen molar-refractivity contribution in [3.8, 4) is 0 Å². The van der Waals surface area contributed by atoms with E-state index in [9.17, 15) is 18.8 Å². The summed E-state index contributed by atoms with van der Waals surface area (Å²) in [5.74, 6) is -0.560. The molecule has 0 atom stereocenters. The van der Waals surface area contributed by atoms with Gasteiger partial charge in [-0.1, -0.05) is 36.0 Å². The summed E-state index contributed by atoms with van der Waals surface area (Å²) in [5, 5.41) is 5.13. The molecule has 0 aliphatic rings. The zero-order valence-electron chi connectivity index (χ0n) is 17.4. The molecule has 1 amide bonds. The van der Waals surface area contributed by atoms with Crippen molar-refractivity contribution in [2.75, 3.05) is 5.75 Å². The molecule has 1 N–H and O–H groups in total. The molecule has 0 saturated heterocycles. The highest BCUT2D eigenvalue weighted by atomic mass is 32.2. The number of thioether (sulfide) groups is 1. The number of aryl methyl sites for hydroxylation is 1. The number of halogens is 1. The van der Waals surface area contributed by atoms with Gasteiger partial charge in [0.05, 0.1) is 18.8 Å². The minimum atomic E-state index is -0.527. The van der Waals surface area contributed by atoms with Crippen LogP contribution < -0.4 is 16.6 Å². The fraction of sp³-hybridized carbons (Fsp3) is 0.238. The first-order valence-corrected chi connectivity index (χ1v) is 11.5. The summed E-state index contributed by atoms with van der Waals surface area (Å²) in [6.45, 7) is 0.466. The number of hydrogen-bond donors (Lipinski definition) is 1. The number of fused-ring (bicyclic) bond motifs is 1. The highest BCUT2D eigenvalue weighted by molar-refractivity contribution is 7.99. The van der Waals surface area contributed by atoms with Crippen LogP contribution in [-0.2, 0) is 32.0 Å². The Kier molecular flexibility index (Phi) is 6.28. The van der Waals surface area contributed by atoms with Crippen molar-refractivity contribution < 1.29 is 9.18 Å². The Labute approximate surface area is 190 Å². The Hall–Kier alpha value is -3.18. The van der Waals surface area contributed by atoms with E-state index in [2.05, 4.69) is 10.3 Å². The van der Waals surface area contributed by atoms with Gasteiger partial charge >= 0.3 is 5.69 Å². The SMILES string of the molecule is Cn1c(=O)c2c(nc(SCC(=O)NCc3cccs3)n2Cc2ccccc2F)n(C)c1=O. The second-order valence-electron chi connectivity index (χ2n) is 7.09. The Bertz CT molecular complexity index is 1410. The first-order chi connectivity index (χ1) is 15.4. The van der Waals surface area contributed by atoms with Crippen LogP contribution in [-0.4, -0.2) is 30.3 Å². The van der Waals surface area contributed by atoms with Crippen molar-refractivity contribution in [3.63, 3.8) is 0 Å². The summed E-state index contributed by atoms with van der Waals surface area (Å²) < 4.78 is 18.2. The highest BCUT2D eigenvalue weighted by Crippen LogP contribution is 2.23. The van der Waals surface area contributed by atoms with E-state index in [1.54, 1.807) is 34.1 Å². The van der Waals surface area contributed by atoms with Crippen molar-refractivity contribution in [3.05, 3.63) is 78.9 Å². The predicted molar refractivity (Wildman–Crippen MR) is 123 cm³/mol. The Balaban J connectivity index is 1.69. The predicted octanol–water partition coefficient (Wildman–Crippen LogP) is 2.09. The Morgan fingerprint density at radius 2 is 1.94 bits per heavy atom. The van der Waals surface area contributed by atoms with Crippen LogP contribution in [0.5, 0.6) is 0 Å². The van der Waals surface area contributed by atoms with Gasteiger partial charge in [0, 0.05) is 24.5 Å². The summed E-state index contributed by atoms with van der Waals surface area (Å²) in [4.78, 5) is 43.1. The van der Waals surface area contributed by atoms with Crippen molar-refractivity contribution in [1.29, 1.82) is 0 Å². The fourth-order valence-electron chi connectivity index (χ4n) is 3.26. The van der Waals surface area contributed by atoms with E-state index in [1.807, 2.05) is 17.5 Å². The normalized spacial score (nSPS) is 11.2. The number of imidazole rings is 1. The molecule has 0 unspecified atom stereocenters. The number of aromatic nitrogens is 4. The third-order valence-electron chi connectivity index (χ3n) is 4.97. The van der Waals surface area contributed by atoms with E-state index in [1.165, 1.54) is 24.7 Å². The minimum Gasteiger partial charge on any atom is -0.350 e. The maximum Gasteiger partial charge on any atom is 0.332 e. The number of benzene rings is 1. The summed E-state index contributed by atoms with van der Waals surface area (Å²) in [6.07, 6.45) is 0. The number of amides is 1. The van der Waals surface area contributed by atoms with Crippen molar-refractivity contribution in [2.24, 2.45) is 14.1 Å². The lowest BCUT2D eigenvalue weighted by Gasteiger charge is -2.10. The summed E-state index contributed by atoms with van der Waals surface area (Å²) >= 11 is 2.68. The Morgan fingerprint density at radius 3 is 2.66 bits per heavy atom. The average Bonchev–Trinajstić information content (AvgIpc) is 3.43. The van der Waals surface area contributed by atoms with Crippen LogP contribution in [0.25, 0.3) is 11.2 Å². The van der Waals surface area contributed by atoms with Gasteiger partial charge in [0.2, 0.25) is 5.91 Å². The number of nitrogens with one attached hydrogen (secondary N) is 1. The van der Waals surface area contributed by atoms with Gasteiger partial charge in [-0.2, -0.15) is 0 Å². The number of rotatable bonds is 7. The smallest absolute Gasteiger partial charge is 0.332 e. The molecule has 0 radical (unpaired) electrons. The molecule has 0 aliphatic heterocycles. The molecule has 32 heavy (non-hydrogen) atoms. The first kappa shape index (κ1) is 22.0. The van der Waals surface area contributed by atoms with Gasteiger partial charge in [0.15, 0.2) is 16.3 Å². The molecule has 11 heteroatoms. The molecule has 0 spiro atoms. The summed E-state index contributed by atoms with van der Waals surface area (Å²) in [7, 11) is 2.90. The van der Waals surface area contributed by atoms with Crippen LogP contribution in [0.1, 0.15) is 10.4 Å². The highest BCUT2D eigenvalue weighted by Gasteiger charge is 2.21. The topological polar surface area (TPSA) is 90.9 Å². The maximum atomic E-state index is 14.3. The average molecular weight is 474 g/mol. The van der Waals surface area contributed by atoms with Gasteiger partial charge in [-0.3, -0.25) is 18.7 Å². The monoisotopic (exact) mass is 473 g/mol. The second kappa shape index (κ2) is 9.13. The van der Waals surface area contributed by atoms with Crippen molar-refractivity contribution in [1.82, 2.24) is 24.0 Å². The van der Waals surface area contributed by atoms with Gasteiger partial charge in [-0.15, -0.1) is 11.3 Å². The third-order valence-corrected chi connectivity index (χ3v) is 6.82. The molecule has 1 aromatic carbocycles. The van der Waals surface area contributed by atoms with Crippen molar-refractivity contribution in [2.45, 2.75) is 18.2 Å². The molecular formula is C21H20FN5O3S2. The zero-order chi connectivity index (χ0) is 22.8. The van der Waals surface area contributed by atoms with Crippen LogP contribution in [0.3, 0.4) is 0 Å². The Morgan fingerprint density at radius 1 is 1.16 bits per heavy atom. The molecule has 0 bridgehead atoms. The number of carbonyl (C=O) groups is 1. The number of hydrogen-bond acceptors (Lipinski definition) is 6. The first-order valence-electron chi connectivity index (χ1n) is 9.68. The van der Waals surface area contributed by atoms with Crippen LogP contribution >= 0.6 is 23.1 Å². The minimum absolute atomic E-state index is 0.0375. The van der Waals surface area contributed by atoms with Gasteiger partial charge in [-0.05, 0) is 17.5 Å². The summed E-state index contributed by atoms with van der Waals surface area (Å²) in [5.41, 5.74) is -0.300. The van der Waals surface area contributed by atoms with E-state index in [-0.39, 0.29) is 29.4 Å². The largest absolute Gasteiger partial charge is 0.350 e. The third kappa shape index (κ3) is 4.26. The number of carbonyl (C=O) groups excluding carboxylic acids is 1. The maximum absolute atomic E-state index is 14.3. The van der Waals surface area contributed by atoms with Crippen LogP contribution in [0.4, 0.5) is 4.39 Å². The number of thiophene rings is 1. The fourth-order valence-corrected chi connectivity index (χ4v) is 4.73. The number of nitrogens with zero attached hydrogens (tertiary/aromatic N) is 4. The zero-order valence-corrected chi connectivity index (χ0v) is 19.0. The van der Waals surface area contributed by atoms with Gasteiger partial charge in [0.1, 0.15) is 5.82 Å². The van der Waals surface area contributed by atoms with Crippen LogP contribution in [0, 0.1) is 5.82 Å². The van der Waals surface area contributed by atoms with Crippen LogP contribution in [0.15, 0.2) is 56.5 Å². The van der Waals surface area contributed by atoms with Crippen LogP contribution in [0.2, 0.25) is 0 Å². The molecule has 3 heterocycles. The van der Waals surface area contributed by atoms with E-state index >= 15 is 0 Å². The van der Waals surface area contributed by atoms with Crippen molar-refractivity contribution >= 4 is 40.2 Å². The molecular weight excluding hydrogens is 453 g/mol. The molecule has 3 aromatic heterocycles. The molecule has 4 rings (SSSR count). The standard InChI is InChI=1S/C21H20FN5O3S2/c1-25-18-17(19(29)26(2)21(25)30)27(11-13-6-3-4-8-15(13)22)20(24-18)32-12-16(28)23-10-14-7-5-9-31-14/h3-9H,10-12H2,1-2H3,(H,23,28). The van der Waals surface area contributed by atoms with E-state index in [4.69, 9.17) is 0 Å². The summed E-state index contributed by atoms with van der Waals surface area (Å²) in [6, 6.07) is 10.1. The molecule has 0 fully saturated rings. The molecule has 8 nitrogen and oxygen atoms in total. The lowest BCUT2D eigenvalue weighted by molar-refractivity contribution is -0.118. The molecule has 0 saturated carbocycles. The molecule has 0 aliphatic carbocycles. The molecule has 4 aromatic rings. The van der Waals surface area contributed by atoms with Gasteiger partial charge in [0.25, 0.3) is 5.56 Å². The lowest BCUT2D eigenvalue weighted by Crippen LogP contribution is -2.37. The van der Waals surface area contributed by atoms with E-state index < -0.39 is 17.1 Å². The quantitative estimate of drug-likeness (QED) is 0.415. The molecule has 166 valence electrons.